The molecule has 0 amide bonds. The summed E-state index contributed by atoms with van der Waals surface area (Å²) in [5.74, 6) is 0. The van der Waals surface area contributed by atoms with Gasteiger partial charge in [-0.25, -0.2) is 4.57 Å². The van der Waals surface area contributed by atoms with Gasteiger partial charge in [-0.15, -0.1) is 0 Å². The molecule has 0 radical (unpaired) electrons. The standard InChI is InChI=1S/C24H21P.H3O4P/c1-5-13-21(14-6-1)25(22-15-7-2-8-16-22,23-17-9-3-10-18-23)24-19-11-4-12-20-24;1-5(2,3)4/h1-20,25H;(H3,1,2,3,4). The summed E-state index contributed by atoms with van der Waals surface area (Å²) in [7, 11) is -6.94. The fourth-order valence-corrected chi connectivity index (χ4v) is 8.52. The third kappa shape index (κ3) is 5.31. The van der Waals surface area contributed by atoms with Crippen LogP contribution in [0.25, 0.3) is 0 Å². The summed E-state index contributed by atoms with van der Waals surface area (Å²) in [4.78, 5) is 21.6. The van der Waals surface area contributed by atoms with E-state index in [1.165, 1.54) is 21.2 Å². The molecule has 0 unspecified atom stereocenters. The van der Waals surface area contributed by atoms with Gasteiger partial charge in [-0.1, -0.05) is 0 Å². The van der Waals surface area contributed by atoms with Crippen LogP contribution in [0.15, 0.2) is 121 Å². The van der Waals surface area contributed by atoms with Gasteiger partial charge in [-0.3, -0.25) is 0 Å². The number of hydrogen-bond donors (Lipinski definition) is 3. The van der Waals surface area contributed by atoms with Crippen LogP contribution in [-0.2, 0) is 4.57 Å². The van der Waals surface area contributed by atoms with E-state index in [1.54, 1.807) is 0 Å². The van der Waals surface area contributed by atoms with E-state index in [9.17, 15) is 0 Å². The van der Waals surface area contributed by atoms with Gasteiger partial charge in [0, 0.05) is 0 Å². The normalized spacial score (nSPS) is 11.8. The summed E-state index contributed by atoms with van der Waals surface area (Å²) in [5.41, 5.74) is 0. The summed E-state index contributed by atoms with van der Waals surface area (Å²) in [6.07, 6.45) is 0. The Morgan fingerprint density at radius 3 is 0.767 bits per heavy atom. The van der Waals surface area contributed by atoms with Gasteiger partial charge in [-0.2, -0.15) is 0 Å². The van der Waals surface area contributed by atoms with Gasteiger partial charge in [0.05, 0.1) is 0 Å². The van der Waals surface area contributed by atoms with Crippen molar-refractivity contribution in [2.75, 3.05) is 0 Å². The van der Waals surface area contributed by atoms with Gasteiger partial charge in [0.15, 0.2) is 0 Å². The third-order valence-corrected chi connectivity index (χ3v) is 9.62. The third-order valence-electron chi connectivity index (χ3n) is 4.83. The van der Waals surface area contributed by atoms with Gasteiger partial charge in [0.1, 0.15) is 0 Å². The van der Waals surface area contributed by atoms with E-state index < -0.39 is 15.1 Å². The molecule has 0 spiro atoms. The van der Waals surface area contributed by atoms with Crippen LogP contribution in [0.2, 0.25) is 0 Å². The van der Waals surface area contributed by atoms with E-state index in [0.717, 1.165) is 0 Å². The quantitative estimate of drug-likeness (QED) is 0.428. The minimum absolute atomic E-state index is 1.42. The van der Waals surface area contributed by atoms with Crippen molar-refractivity contribution in [3.05, 3.63) is 121 Å². The molecule has 0 aromatic heterocycles. The van der Waals surface area contributed by atoms with Crippen LogP contribution >= 0.6 is 15.1 Å². The topological polar surface area (TPSA) is 77.8 Å². The van der Waals surface area contributed by atoms with E-state index in [4.69, 9.17) is 19.2 Å². The van der Waals surface area contributed by atoms with E-state index in [1.807, 2.05) is 0 Å². The van der Waals surface area contributed by atoms with Crippen molar-refractivity contribution in [1.82, 2.24) is 0 Å². The van der Waals surface area contributed by atoms with Crippen LogP contribution in [0.3, 0.4) is 0 Å². The second-order valence-electron chi connectivity index (χ2n) is 6.73. The van der Waals surface area contributed by atoms with Crippen molar-refractivity contribution in [2.24, 2.45) is 0 Å². The number of hydrogen-bond acceptors (Lipinski definition) is 1. The molecule has 4 rings (SSSR count). The summed E-state index contributed by atoms with van der Waals surface area (Å²) in [6, 6.07) is 44.0. The first-order chi connectivity index (χ1) is 14.4. The summed E-state index contributed by atoms with van der Waals surface area (Å²) in [6.45, 7) is 0. The number of phosphoric acid groups is 1. The molecule has 3 N–H and O–H groups in total. The molecular formula is C24H24O4P2. The van der Waals surface area contributed by atoms with Crippen molar-refractivity contribution in [3.8, 4) is 0 Å². The average molecular weight is 438 g/mol. The molecule has 0 saturated carbocycles. The van der Waals surface area contributed by atoms with Gasteiger partial charge >= 0.3 is 158 Å². The predicted octanol–water partition coefficient (Wildman–Crippen LogP) is 3.11. The minimum atomic E-state index is -4.64. The van der Waals surface area contributed by atoms with E-state index in [0.29, 0.717) is 0 Å². The first-order valence-electron chi connectivity index (χ1n) is 9.43. The Balaban J connectivity index is 0.000000461. The monoisotopic (exact) mass is 438 g/mol. The molecule has 0 aliphatic rings. The van der Waals surface area contributed by atoms with Crippen LogP contribution in [0.4, 0.5) is 0 Å². The number of rotatable bonds is 4. The Morgan fingerprint density at radius 2 is 0.600 bits per heavy atom. The zero-order chi connectivity index (χ0) is 21.5. The number of benzene rings is 4. The van der Waals surface area contributed by atoms with Crippen LogP contribution in [-0.4, -0.2) is 14.7 Å². The molecular weight excluding hydrogens is 414 g/mol. The van der Waals surface area contributed by atoms with Gasteiger partial charge < -0.3 is 14.7 Å². The average Bonchev–Trinajstić information content (AvgIpc) is 2.76. The zero-order valence-corrected chi connectivity index (χ0v) is 18.1. The molecule has 0 fully saturated rings. The SMILES string of the molecule is O=P(O)(O)O.c1ccc([PH](c2ccccc2)(c2ccccc2)c2ccccc2)cc1. The molecule has 0 saturated heterocycles. The van der Waals surface area contributed by atoms with Gasteiger partial charge in [-0.05, 0) is 0 Å². The molecule has 4 aromatic rings. The summed E-state index contributed by atoms with van der Waals surface area (Å²) >= 11 is 0. The Hall–Kier alpha value is -2.58. The predicted molar refractivity (Wildman–Crippen MR) is 127 cm³/mol. The van der Waals surface area contributed by atoms with E-state index in [2.05, 4.69) is 121 Å². The molecule has 4 aromatic carbocycles. The second kappa shape index (κ2) is 9.95. The fraction of sp³-hybridized carbons (Fsp3) is 0. The first kappa shape index (κ1) is 22.1. The first-order valence-corrected chi connectivity index (χ1v) is 13.0. The van der Waals surface area contributed by atoms with Crippen molar-refractivity contribution >= 4 is 36.3 Å². The molecule has 154 valence electrons. The van der Waals surface area contributed by atoms with Crippen molar-refractivity contribution in [1.29, 1.82) is 0 Å². The molecule has 0 bridgehead atoms. The van der Waals surface area contributed by atoms with Gasteiger partial charge in [0.2, 0.25) is 0 Å². The Bertz CT molecular complexity index is 911. The second-order valence-corrected chi connectivity index (χ2v) is 11.6. The molecule has 0 atom stereocenters. The summed E-state index contributed by atoms with van der Waals surface area (Å²) in [5, 5.41) is 5.66. The molecule has 4 nitrogen and oxygen atoms in total. The van der Waals surface area contributed by atoms with Crippen LogP contribution in [0.1, 0.15) is 0 Å². The molecule has 30 heavy (non-hydrogen) atoms. The van der Waals surface area contributed by atoms with E-state index >= 15 is 0 Å². The zero-order valence-electron chi connectivity index (χ0n) is 16.2. The molecule has 0 heterocycles. The fourth-order valence-electron chi connectivity index (χ4n) is 3.75. The Morgan fingerprint density at radius 1 is 0.433 bits per heavy atom. The maximum atomic E-state index is 8.88. The van der Waals surface area contributed by atoms with Crippen LogP contribution < -0.4 is 21.2 Å². The molecule has 0 aliphatic heterocycles. The maximum absolute atomic E-state index is 8.88. The van der Waals surface area contributed by atoms with Gasteiger partial charge in [0.25, 0.3) is 0 Å². The molecule has 6 heteroatoms. The Labute approximate surface area is 177 Å². The van der Waals surface area contributed by atoms with Crippen molar-refractivity contribution < 1.29 is 19.2 Å². The Kier molecular flexibility index (Phi) is 7.33. The van der Waals surface area contributed by atoms with Crippen LogP contribution in [0, 0.1) is 0 Å². The van der Waals surface area contributed by atoms with Crippen molar-refractivity contribution in [3.63, 3.8) is 0 Å². The van der Waals surface area contributed by atoms with Crippen molar-refractivity contribution in [2.45, 2.75) is 0 Å². The van der Waals surface area contributed by atoms with E-state index in [-0.39, 0.29) is 0 Å². The van der Waals surface area contributed by atoms with Crippen LogP contribution in [0.5, 0.6) is 0 Å². The summed E-state index contributed by atoms with van der Waals surface area (Å²) < 4.78 is 8.88. The molecule has 0 aliphatic carbocycles.